The molecule has 33 heavy (non-hydrogen) atoms. The van der Waals surface area contributed by atoms with Gasteiger partial charge in [-0.25, -0.2) is 12.7 Å². The van der Waals surface area contributed by atoms with Gasteiger partial charge in [0.2, 0.25) is 15.9 Å². The molecule has 1 amide bonds. The summed E-state index contributed by atoms with van der Waals surface area (Å²) in [6, 6.07) is 17.7. The number of sulfonamides is 1. The van der Waals surface area contributed by atoms with Crippen molar-refractivity contribution in [1.82, 2.24) is 9.62 Å². The van der Waals surface area contributed by atoms with Crippen molar-refractivity contribution in [3.8, 4) is 0 Å². The summed E-state index contributed by atoms with van der Waals surface area (Å²) in [5.74, 6) is -0.141. The van der Waals surface area contributed by atoms with Crippen LogP contribution in [0.3, 0.4) is 0 Å². The molecule has 0 radical (unpaired) electrons. The average Bonchev–Trinajstić information content (AvgIpc) is 2.85. The first-order valence-corrected chi connectivity index (χ1v) is 13.9. The highest BCUT2D eigenvalue weighted by atomic mass is 79.9. The minimum atomic E-state index is -3.40. The summed E-state index contributed by atoms with van der Waals surface area (Å²) in [4.78, 5) is 13.0. The Balaban J connectivity index is 1.32. The van der Waals surface area contributed by atoms with Crippen LogP contribution < -0.4 is 5.32 Å². The Bertz CT molecular complexity index is 1030. The van der Waals surface area contributed by atoms with Gasteiger partial charge >= 0.3 is 0 Å². The summed E-state index contributed by atoms with van der Waals surface area (Å²) < 4.78 is 33.7. The number of hydrogen-bond donors (Lipinski definition) is 1. The zero-order valence-electron chi connectivity index (χ0n) is 18.7. The van der Waals surface area contributed by atoms with Gasteiger partial charge in [-0.1, -0.05) is 58.4 Å². The van der Waals surface area contributed by atoms with Gasteiger partial charge in [0.15, 0.2) is 0 Å². The Hall–Kier alpha value is -1.74. The van der Waals surface area contributed by atoms with Crippen LogP contribution in [0.4, 0.5) is 0 Å². The SMILES string of the molecule is O=C(NCC1(c2ccccc2)CCOCC1)C1CCN(S(=O)(=O)Cc2ccc(Br)cc2)CC1. The number of nitrogens with zero attached hydrogens (tertiary/aromatic N) is 1. The van der Waals surface area contributed by atoms with Crippen LogP contribution in [0.15, 0.2) is 59.1 Å². The lowest BCUT2D eigenvalue weighted by Crippen LogP contribution is -2.48. The van der Waals surface area contributed by atoms with E-state index in [0.717, 1.165) is 22.9 Å². The summed E-state index contributed by atoms with van der Waals surface area (Å²) in [5, 5.41) is 3.19. The van der Waals surface area contributed by atoms with Gasteiger partial charge in [0.25, 0.3) is 0 Å². The fraction of sp³-hybridized carbons (Fsp3) is 0.480. The molecule has 0 spiro atoms. The quantitative estimate of drug-likeness (QED) is 0.585. The van der Waals surface area contributed by atoms with Crippen LogP contribution in [0.1, 0.15) is 36.8 Å². The molecule has 0 atom stereocenters. The molecular formula is C25H31BrN2O4S. The second kappa shape index (κ2) is 10.7. The number of hydrogen-bond acceptors (Lipinski definition) is 4. The summed E-state index contributed by atoms with van der Waals surface area (Å²) >= 11 is 3.37. The molecule has 0 saturated carbocycles. The normalized spacial score (nSPS) is 19.8. The van der Waals surface area contributed by atoms with E-state index in [9.17, 15) is 13.2 Å². The minimum absolute atomic E-state index is 0.0151. The van der Waals surface area contributed by atoms with Gasteiger partial charge in [-0.3, -0.25) is 4.79 Å². The van der Waals surface area contributed by atoms with Crippen molar-refractivity contribution in [2.24, 2.45) is 5.92 Å². The average molecular weight is 536 g/mol. The number of halogens is 1. The fourth-order valence-electron chi connectivity index (χ4n) is 4.80. The zero-order chi connectivity index (χ0) is 23.3. The van der Waals surface area contributed by atoms with Crippen LogP contribution in [-0.2, 0) is 30.7 Å². The van der Waals surface area contributed by atoms with E-state index in [1.54, 1.807) is 0 Å². The Kier molecular flexibility index (Phi) is 7.89. The Morgan fingerprint density at radius 2 is 1.67 bits per heavy atom. The molecule has 1 N–H and O–H groups in total. The Morgan fingerprint density at radius 1 is 1.03 bits per heavy atom. The first kappa shape index (κ1) is 24.4. The van der Waals surface area contributed by atoms with Gasteiger partial charge in [-0.05, 0) is 48.9 Å². The molecule has 2 saturated heterocycles. The summed E-state index contributed by atoms with van der Waals surface area (Å²) in [6.07, 6.45) is 2.85. The molecule has 2 aromatic carbocycles. The summed E-state index contributed by atoms with van der Waals surface area (Å²) in [7, 11) is -3.40. The van der Waals surface area contributed by atoms with Gasteiger partial charge < -0.3 is 10.1 Å². The van der Waals surface area contributed by atoms with E-state index < -0.39 is 10.0 Å². The van der Waals surface area contributed by atoms with Crippen LogP contribution in [-0.4, -0.2) is 51.5 Å². The molecule has 2 aromatic rings. The lowest BCUT2D eigenvalue weighted by Gasteiger charge is -2.38. The monoisotopic (exact) mass is 534 g/mol. The molecule has 2 aliphatic heterocycles. The van der Waals surface area contributed by atoms with Gasteiger partial charge in [0.1, 0.15) is 0 Å². The molecule has 0 aliphatic carbocycles. The number of ether oxygens (including phenoxy) is 1. The van der Waals surface area contributed by atoms with E-state index in [4.69, 9.17) is 4.74 Å². The van der Waals surface area contributed by atoms with Crippen molar-refractivity contribution in [1.29, 1.82) is 0 Å². The van der Waals surface area contributed by atoms with Crippen molar-refractivity contribution >= 4 is 31.9 Å². The molecule has 0 bridgehead atoms. The highest BCUT2D eigenvalue weighted by molar-refractivity contribution is 9.10. The maximum Gasteiger partial charge on any atom is 0.223 e. The third-order valence-corrected chi connectivity index (χ3v) is 9.30. The molecule has 0 aromatic heterocycles. The van der Waals surface area contributed by atoms with Crippen LogP contribution in [0.2, 0.25) is 0 Å². The van der Waals surface area contributed by atoms with E-state index >= 15 is 0 Å². The zero-order valence-corrected chi connectivity index (χ0v) is 21.1. The van der Waals surface area contributed by atoms with Crippen LogP contribution in [0.25, 0.3) is 0 Å². The second-order valence-corrected chi connectivity index (χ2v) is 11.9. The number of carbonyl (C=O) groups excluding carboxylic acids is 1. The lowest BCUT2D eigenvalue weighted by atomic mass is 9.74. The first-order chi connectivity index (χ1) is 15.9. The van der Waals surface area contributed by atoms with Crippen LogP contribution in [0, 0.1) is 5.92 Å². The molecule has 2 aliphatic rings. The van der Waals surface area contributed by atoms with Crippen LogP contribution >= 0.6 is 15.9 Å². The van der Waals surface area contributed by atoms with E-state index in [-0.39, 0.29) is 23.0 Å². The highest BCUT2D eigenvalue weighted by Gasteiger charge is 2.36. The second-order valence-electron chi connectivity index (χ2n) is 9.03. The highest BCUT2D eigenvalue weighted by Crippen LogP contribution is 2.34. The standard InChI is InChI=1S/C25H31BrN2O4S/c26-23-8-6-20(7-9-23)18-33(30,31)28-14-10-21(11-15-28)24(29)27-19-25(12-16-32-17-13-25)22-4-2-1-3-5-22/h1-9,21H,10-19H2,(H,27,29). The molecule has 4 rings (SSSR count). The minimum Gasteiger partial charge on any atom is -0.381 e. The van der Waals surface area contributed by atoms with Crippen molar-refractivity contribution in [2.45, 2.75) is 36.9 Å². The van der Waals surface area contributed by atoms with Crippen LogP contribution in [0.5, 0.6) is 0 Å². The van der Waals surface area contributed by atoms with E-state index in [0.29, 0.717) is 45.7 Å². The first-order valence-electron chi connectivity index (χ1n) is 11.5. The molecule has 2 heterocycles. The maximum absolute atomic E-state index is 13.0. The number of amides is 1. The third kappa shape index (κ3) is 6.04. The maximum atomic E-state index is 13.0. The van der Waals surface area contributed by atoms with Gasteiger partial charge in [-0.15, -0.1) is 0 Å². The Labute approximate surface area is 204 Å². The number of carbonyl (C=O) groups is 1. The number of piperidine rings is 1. The lowest BCUT2D eigenvalue weighted by molar-refractivity contribution is -0.126. The van der Waals surface area contributed by atoms with Crippen molar-refractivity contribution < 1.29 is 17.9 Å². The molecule has 2 fully saturated rings. The molecule has 178 valence electrons. The predicted molar refractivity (Wildman–Crippen MR) is 132 cm³/mol. The number of nitrogens with one attached hydrogen (secondary N) is 1. The Morgan fingerprint density at radius 3 is 2.30 bits per heavy atom. The van der Waals surface area contributed by atoms with E-state index in [1.165, 1.54) is 9.87 Å². The summed E-state index contributed by atoms with van der Waals surface area (Å²) in [5.41, 5.74) is 1.90. The van der Waals surface area contributed by atoms with Crippen molar-refractivity contribution in [3.05, 3.63) is 70.2 Å². The molecule has 6 nitrogen and oxygen atoms in total. The largest absolute Gasteiger partial charge is 0.381 e. The molecular weight excluding hydrogens is 504 g/mol. The smallest absolute Gasteiger partial charge is 0.223 e. The van der Waals surface area contributed by atoms with E-state index in [2.05, 4.69) is 33.4 Å². The fourth-order valence-corrected chi connectivity index (χ4v) is 6.63. The van der Waals surface area contributed by atoms with Gasteiger partial charge in [-0.2, -0.15) is 0 Å². The number of benzene rings is 2. The van der Waals surface area contributed by atoms with Gasteiger partial charge in [0.05, 0.1) is 5.75 Å². The molecule has 0 unspecified atom stereocenters. The number of rotatable bonds is 7. The topological polar surface area (TPSA) is 75.7 Å². The predicted octanol–water partition coefficient (Wildman–Crippen LogP) is 3.86. The van der Waals surface area contributed by atoms with E-state index in [1.807, 2.05) is 42.5 Å². The summed E-state index contributed by atoms with van der Waals surface area (Å²) in [6.45, 7) is 2.74. The van der Waals surface area contributed by atoms with Crippen molar-refractivity contribution in [2.75, 3.05) is 32.8 Å². The van der Waals surface area contributed by atoms with Crippen molar-refractivity contribution in [3.63, 3.8) is 0 Å². The van der Waals surface area contributed by atoms with Gasteiger partial charge in [0, 0.05) is 48.7 Å². The molecule has 8 heteroatoms. The third-order valence-electron chi connectivity index (χ3n) is 6.92.